The third kappa shape index (κ3) is 5.38. The number of benzene rings is 1. The smallest absolute Gasteiger partial charge is 0.118 e. The van der Waals surface area contributed by atoms with Crippen molar-refractivity contribution in [2.24, 2.45) is 5.92 Å². The number of ether oxygens (including phenoxy) is 1. The zero-order chi connectivity index (χ0) is 11.3. The summed E-state index contributed by atoms with van der Waals surface area (Å²) in [7, 11) is 5.93. The van der Waals surface area contributed by atoms with E-state index < -0.39 is 0 Å². The summed E-state index contributed by atoms with van der Waals surface area (Å²) >= 11 is 0. The number of nitrogens with zero attached hydrogens (tertiary/aromatic N) is 1. The molecule has 0 saturated heterocycles. The lowest BCUT2D eigenvalue weighted by Gasteiger charge is -2.16. The molecule has 3 heteroatoms. The van der Waals surface area contributed by atoms with Gasteiger partial charge in [0, 0.05) is 6.54 Å². The van der Waals surface area contributed by atoms with Crippen LogP contribution in [0.3, 0.4) is 0 Å². The van der Waals surface area contributed by atoms with Gasteiger partial charge >= 0.3 is 0 Å². The van der Waals surface area contributed by atoms with Crippen LogP contribution in [-0.2, 0) is 6.42 Å². The summed E-state index contributed by atoms with van der Waals surface area (Å²) in [4.78, 5) is 2.23. The van der Waals surface area contributed by atoms with Crippen molar-refractivity contribution < 1.29 is 17.1 Å². The molecule has 0 aromatic heterocycles. The van der Waals surface area contributed by atoms with E-state index in [4.69, 9.17) is 4.74 Å². The second kappa shape index (κ2) is 7.53. The number of rotatable bonds is 5. The summed E-state index contributed by atoms with van der Waals surface area (Å²) in [6.45, 7) is 3.41. The van der Waals surface area contributed by atoms with Crippen molar-refractivity contribution in [3.63, 3.8) is 0 Å². The van der Waals surface area contributed by atoms with Gasteiger partial charge in [-0.05, 0) is 44.1 Å². The first-order chi connectivity index (χ1) is 7.11. The molecule has 0 heterocycles. The standard InChI is InChI=1S/C13H21NO.ClH/c1-11(10-14(2)3)9-12-5-7-13(15-4)8-6-12;/h5-8,11H,9-10H2,1-4H3;1H/p-1. The molecule has 0 radical (unpaired) electrons. The van der Waals surface area contributed by atoms with Gasteiger partial charge in [-0.2, -0.15) is 0 Å². The summed E-state index contributed by atoms with van der Waals surface area (Å²) in [5, 5.41) is 0. The van der Waals surface area contributed by atoms with Crippen molar-refractivity contribution in [1.29, 1.82) is 0 Å². The molecule has 0 saturated carbocycles. The van der Waals surface area contributed by atoms with E-state index in [1.807, 2.05) is 12.1 Å². The van der Waals surface area contributed by atoms with Gasteiger partial charge in [-0.15, -0.1) is 0 Å². The van der Waals surface area contributed by atoms with E-state index in [9.17, 15) is 0 Å². The first-order valence-corrected chi connectivity index (χ1v) is 5.39. The maximum absolute atomic E-state index is 5.13. The van der Waals surface area contributed by atoms with Crippen LogP contribution in [0, 0.1) is 5.92 Å². The number of methoxy groups -OCH3 is 1. The second-order valence-electron chi connectivity index (χ2n) is 4.42. The molecule has 0 bridgehead atoms. The van der Waals surface area contributed by atoms with E-state index in [0.29, 0.717) is 5.92 Å². The fourth-order valence-corrected chi connectivity index (χ4v) is 1.85. The van der Waals surface area contributed by atoms with Crippen LogP contribution in [0.2, 0.25) is 0 Å². The Labute approximate surface area is 105 Å². The van der Waals surface area contributed by atoms with Gasteiger partial charge in [0.1, 0.15) is 5.75 Å². The predicted octanol–water partition coefficient (Wildman–Crippen LogP) is -0.561. The Hall–Kier alpha value is -0.730. The maximum Gasteiger partial charge on any atom is 0.118 e. The predicted molar refractivity (Wildman–Crippen MR) is 64.4 cm³/mol. The average Bonchev–Trinajstić information content (AvgIpc) is 2.17. The molecule has 0 aliphatic carbocycles. The van der Waals surface area contributed by atoms with Crippen LogP contribution in [0.4, 0.5) is 0 Å². The van der Waals surface area contributed by atoms with Crippen LogP contribution in [0.5, 0.6) is 5.75 Å². The first kappa shape index (κ1) is 15.3. The van der Waals surface area contributed by atoms with Crippen LogP contribution in [0.25, 0.3) is 0 Å². The molecular weight excluding hydrogens is 222 g/mol. The van der Waals surface area contributed by atoms with Crippen molar-refractivity contribution in [3.8, 4) is 5.75 Å². The van der Waals surface area contributed by atoms with Crippen LogP contribution in [-0.4, -0.2) is 32.6 Å². The van der Waals surface area contributed by atoms with Crippen molar-refractivity contribution in [1.82, 2.24) is 4.90 Å². The van der Waals surface area contributed by atoms with Gasteiger partial charge in [0.2, 0.25) is 0 Å². The van der Waals surface area contributed by atoms with E-state index >= 15 is 0 Å². The Morgan fingerprint density at radius 3 is 2.19 bits per heavy atom. The molecule has 0 aliphatic rings. The first-order valence-electron chi connectivity index (χ1n) is 5.39. The Kier molecular flexibility index (Phi) is 7.18. The van der Waals surface area contributed by atoms with Crippen LogP contribution in [0.15, 0.2) is 24.3 Å². The minimum Gasteiger partial charge on any atom is -1.00 e. The van der Waals surface area contributed by atoms with Crippen molar-refractivity contribution in [3.05, 3.63) is 29.8 Å². The molecular formula is C13H21ClNO-. The molecule has 0 fully saturated rings. The molecule has 1 atom stereocenters. The Morgan fingerprint density at radius 1 is 1.19 bits per heavy atom. The Morgan fingerprint density at radius 2 is 1.75 bits per heavy atom. The molecule has 16 heavy (non-hydrogen) atoms. The molecule has 0 aliphatic heterocycles. The molecule has 0 N–H and O–H groups in total. The average molecular weight is 243 g/mol. The summed E-state index contributed by atoms with van der Waals surface area (Å²) in [6, 6.07) is 8.34. The van der Waals surface area contributed by atoms with Gasteiger partial charge in [-0.3, -0.25) is 0 Å². The summed E-state index contributed by atoms with van der Waals surface area (Å²) in [5.41, 5.74) is 1.38. The monoisotopic (exact) mass is 242 g/mol. The number of hydrogen-bond acceptors (Lipinski definition) is 2. The molecule has 1 unspecified atom stereocenters. The summed E-state index contributed by atoms with van der Waals surface area (Å²) in [6.07, 6.45) is 1.13. The quantitative estimate of drug-likeness (QED) is 0.687. The Bertz CT molecular complexity index is 284. The van der Waals surface area contributed by atoms with Crippen LogP contribution in [0.1, 0.15) is 12.5 Å². The minimum absolute atomic E-state index is 0. The van der Waals surface area contributed by atoms with Crippen LogP contribution < -0.4 is 17.1 Å². The van der Waals surface area contributed by atoms with Gasteiger partial charge in [0.15, 0.2) is 0 Å². The van der Waals surface area contributed by atoms with Gasteiger partial charge in [0.25, 0.3) is 0 Å². The highest BCUT2D eigenvalue weighted by molar-refractivity contribution is 5.27. The fraction of sp³-hybridized carbons (Fsp3) is 0.538. The van der Waals surface area contributed by atoms with E-state index in [0.717, 1.165) is 18.7 Å². The zero-order valence-corrected chi connectivity index (χ0v) is 11.3. The normalized spacial score (nSPS) is 12.1. The molecule has 2 nitrogen and oxygen atoms in total. The van der Waals surface area contributed by atoms with E-state index in [1.165, 1.54) is 5.56 Å². The molecule has 1 rings (SSSR count). The van der Waals surface area contributed by atoms with Crippen molar-refractivity contribution in [2.45, 2.75) is 13.3 Å². The van der Waals surface area contributed by atoms with Gasteiger partial charge in [-0.1, -0.05) is 19.1 Å². The topological polar surface area (TPSA) is 12.5 Å². The summed E-state index contributed by atoms with van der Waals surface area (Å²) in [5.74, 6) is 1.62. The molecule has 0 amide bonds. The van der Waals surface area contributed by atoms with E-state index in [1.54, 1.807) is 7.11 Å². The molecule has 1 aromatic carbocycles. The van der Waals surface area contributed by atoms with Crippen LogP contribution >= 0.6 is 0 Å². The minimum atomic E-state index is 0. The maximum atomic E-state index is 5.13. The van der Waals surface area contributed by atoms with E-state index in [-0.39, 0.29) is 12.4 Å². The second-order valence-corrected chi connectivity index (χ2v) is 4.42. The van der Waals surface area contributed by atoms with Gasteiger partial charge in [0.05, 0.1) is 7.11 Å². The van der Waals surface area contributed by atoms with Crippen molar-refractivity contribution in [2.75, 3.05) is 27.7 Å². The summed E-state index contributed by atoms with van der Waals surface area (Å²) < 4.78 is 5.13. The number of halogens is 1. The lowest BCUT2D eigenvalue weighted by molar-refractivity contribution is -0.00000377. The van der Waals surface area contributed by atoms with Gasteiger partial charge in [-0.25, -0.2) is 0 Å². The van der Waals surface area contributed by atoms with Crippen molar-refractivity contribution >= 4 is 0 Å². The highest BCUT2D eigenvalue weighted by Gasteiger charge is 2.04. The zero-order valence-electron chi connectivity index (χ0n) is 10.5. The molecule has 0 spiro atoms. The van der Waals surface area contributed by atoms with E-state index in [2.05, 4.69) is 38.1 Å². The third-order valence-electron chi connectivity index (χ3n) is 2.42. The molecule has 92 valence electrons. The SMILES string of the molecule is COc1ccc(CC(C)CN(C)C)cc1.[Cl-]. The lowest BCUT2D eigenvalue weighted by atomic mass is 10.0. The highest BCUT2D eigenvalue weighted by atomic mass is 35.5. The third-order valence-corrected chi connectivity index (χ3v) is 2.42. The molecule has 1 aromatic rings. The fourth-order valence-electron chi connectivity index (χ4n) is 1.85. The largest absolute Gasteiger partial charge is 1.00 e. The lowest BCUT2D eigenvalue weighted by Crippen LogP contribution is -3.00. The number of hydrogen-bond donors (Lipinski definition) is 0. The Balaban J connectivity index is 0.00000225. The highest BCUT2D eigenvalue weighted by Crippen LogP contribution is 2.14. The van der Waals surface area contributed by atoms with Gasteiger partial charge < -0.3 is 22.0 Å².